The third-order valence-electron chi connectivity index (χ3n) is 5.47. The average molecular weight is 438 g/mol. The lowest BCUT2D eigenvalue weighted by Gasteiger charge is -2.31. The lowest BCUT2D eigenvalue weighted by molar-refractivity contribution is -0.148. The third kappa shape index (κ3) is 3.84. The van der Waals surface area contributed by atoms with Crippen LogP contribution >= 0.6 is 11.6 Å². The number of carbonyl (C=O) groups is 1. The molecule has 1 saturated carbocycles. The highest BCUT2D eigenvalue weighted by atomic mass is 35.5. The number of nitrogens with one attached hydrogen (secondary N) is 1. The number of pyridine rings is 1. The quantitative estimate of drug-likeness (QED) is 0.440. The Morgan fingerprint density at radius 1 is 1.13 bits per heavy atom. The number of aromatic nitrogens is 3. The van der Waals surface area contributed by atoms with Gasteiger partial charge in [-0.25, -0.2) is 14.4 Å². The molecule has 0 spiro atoms. The van der Waals surface area contributed by atoms with Gasteiger partial charge in [-0.3, -0.25) is 4.79 Å². The first kappa shape index (κ1) is 19.5. The largest absolute Gasteiger partial charge is 0.481 e. The van der Waals surface area contributed by atoms with Gasteiger partial charge < -0.3 is 14.8 Å². The molecule has 2 aromatic heterocycles. The first-order valence-electron chi connectivity index (χ1n) is 9.77. The molecule has 0 unspecified atom stereocenters. The Labute approximate surface area is 181 Å². The van der Waals surface area contributed by atoms with Crippen LogP contribution in [0.25, 0.3) is 33.5 Å². The fourth-order valence-corrected chi connectivity index (χ4v) is 3.82. The summed E-state index contributed by atoms with van der Waals surface area (Å²) in [5, 5.41) is 9.51. The summed E-state index contributed by atoms with van der Waals surface area (Å²) in [5.74, 6) is -0.675. The van der Waals surface area contributed by atoms with E-state index < -0.39 is 11.8 Å². The Balaban J connectivity index is 1.33. The Morgan fingerprint density at radius 3 is 2.65 bits per heavy atom. The number of hydrogen-bond donors (Lipinski definition) is 2. The molecule has 0 radical (unpaired) electrons. The standard InChI is InChI=1S/C23H17ClFN3O3/c24-15-3-5-19-20(10-15)28-22(27-19)17-4-1-12(9-18(17)25)13-2-6-21(26-11-13)31-16-7-14(8-16)23(29)30/h1-6,9-11,14,16H,7-8H2,(H,27,28)(H,29,30)/t14-,16-. The van der Waals surface area contributed by atoms with E-state index in [0.29, 0.717) is 46.2 Å². The van der Waals surface area contributed by atoms with Gasteiger partial charge in [0.2, 0.25) is 5.88 Å². The molecule has 0 atom stereocenters. The molecule has 0 bridgehead atoms. The van der Waals surface area contributed by atoms with Crippen molar-refractivity contribution < 1.29 is 19.0 Å². The topological polar surface area (TPSA) is 88.1 Å². The van der Waals surface area contributed by atoms with Gasteiger partial charge in [-0.05, 0) is 54.8 Å². The van der Waals surface area contributed by atoms with Crippen molar-refractivity contribution in [1.29, 1.82) is 0 Å². The minimum atomic E-state index is -0.792. The zero-order chi connectivity index (χ0) is 21.5. The Bertz CT molecular complexity index is 1280. The van der Waals surface area contributed by atoms with Crippen molar-refractivity contribution >= 4 is 28.6 Å². The van der Waals surface area contributed by atoms with Crippen LogP contribution in [-0.2, 0) is 4.79 Å². The van der Waals surface area contributed by atoms with Gasteiger partial charge in [0.15, 0.2) is 0 Å². The number of carboxylic acids is 1. The van der Waals surface area contributed by atoms with Gasteiger partial charge in [0, 0.05) is 22.8 Å². The van der Waals surface area contributed by atoms with Crippen molar-refractivity contribution in [3.05, 3.63) is 65.6 Å². The number of aromatic amines is 1. The van der Waals surface area contributed by atoms with Gasteiger partial charge >= 0.3 is 5.97 Å². The summed E-state index contributed by atoms with van der Waals surface area (Å²) in [4.78, 5) is 22.7. The van der Waals surface area contributed by atoms with Gasteiger partial charge in [0.05, 0.1) is 22.5 Å². The molecule has 1 fully saturated rings. The second-order valence-corrected chi connectivity index (χ2v) is 8.01. The predicted molar refractivity (Wildman–Crippen MR) is 115 cm³/mol. The second-order valence-electron chi connectivity index (χ2n) is 7.57. The van der Waals surface area contributed by atoms with E-state index in [1.165, 1.54) is 6.07 Å². The molecule has 2 N–H and O–H groups in total. The molecule has 2 aromatic carbocycles. The molecular weight excluding hydrogens is 421 g/mol. The highest BCUT2D eigenvalue weighted by molar-refractivity contribution is 6.31. The van der Waals surface area contributed by atoms with Crippen molar-refractivity contribution in [2.24, 2.45) is 5.92 Å². The molecule has 4 aromatic rings. The number of imidazole rings is 1. The van der Waals surface area contributed by atoms with Crippen molar-refractivity contribution in [3.8, 4) is 28.4 Å². The number of fused-ring (bicyclic) bond motifs is 1. The molecule has 31 heavy (non-hydrogen) atoms. The number of H-pyrrole nitrogens is 1. The van der Waals surface area contributed by atoms with Crippen molar-refractivity contribution in [3.63, 3.8) is 0 Å². The second kappa shape index (κ2) is 7.67. The van der Waals surface area contributed by atoms with E-state index in [2.05, 4.69) is 15.0 Å². The maximum atomic E-state index is 14.9. The summed E-state index contributed by atoms with van der Waals surface area (Å²) < 4.78 is 20.5. The number of rotatable bonds is 5. The molecule has 6 nitrogen and oxygen atoms in total. The number of ether oxygens (including phenoxy) is 1. The normalized spacial score (nSPS) is 18.0. The smallest absolute Gasteiger partial charge is 0.306 e. The number of nitrogens with zero attached hydrogens (tertiary/aromatic N) is 2. The molecule has 156 valence electrons. The molecule has 8 heteroatoms. The lowest BCUT2D eigenvalue weighted by Crippen LogP contribution is -2.38. The van der Waals surface area contributed by atoms with Gasteiger partial charge in [-0.15, -0.1) is 0 Å². The van der Waals surface area contributed by atoms with Crippen molar-refractivity contribution in [2.45, 2.75) is 18.9 Å². The van der Waals surface area contributed by atoms with Crippen molar-refractivity contribution in [2.75, 3.05) is 0 Å². The average Bonchev–Trinajstić information content (AvgIpc) is 3.13. The van der Waals surface area contributed by atoms with Crippen LogP contribution in [0.5, 0.6) is 5.88 Å². The van der Waals surface area contributed by atoms with E-state index in [-0.39, 0.29) is 12.0 Å². The highest BCUT2D eigenvalue weighted by Gasteiger charge is 2.36. The first-order chi connectivity index (χ1) is 15.0. The molecule has 5 rings (SSSR count). The molecule has 0 saturated heterocycles. The van der Waals surface area contributed by atoms with E-state index in [1.54, 1.807) is 48.7 Å². The zero-order valence-electron chi connectivity index (χ0n) is 16.2. The van der Waals surface area contributed by atoms with E-state index in [0.717, 1.165) is 11.1 Å². The molecule has 0 amide bonds. The van der Waals surface area contributed by atoms with Gasteiger partial charge in [0.1, 0.15) is 17.7 Å². The molecular formula is C23H17ClFN3O3. The van der Waals surface area contributed by atoms with Crippen molar-refractivity contribution in [1.82, 2.24) is 15.0 Å². The van der Waals surface area contributed by atoms with Crippen LogP contribution in [0.15, 0.2) is 54.7 Å². The van der Waals surface area contributed by atoms with Crippen LogP contribution in [0, 0.1) is 11.7 Å². The summed E-state index contributed by atoms with van der Waals surface area (Å²) in [6.07, 6.45) is 2.45. The lowest BCUT2D eigenvalue weighted by atomic mass is 9.82. The van der Waals surface area contributed by atoms with Gasteiger partial charge in [-0.1, -0.05) is 17.7 Å². The minimum Gasteiger partial charge on any atom is -0.481 e. The van der Waals surface area contributed by atoms with Crippen LogP contribution in [0.1, 0.15) is 12.8 Å². The van der Waals surface area contributed by atoms with E-state index >= 15 is 0 Å². The van der Waals surface area contributed by atoms with Crippen LogP contribution in [0.2, 0.25) is 5.02 Å². The highest BCUT2D eigenvalue weighted by Crippen LogP contribution is 2.32. The zero-order valence-corrected chi connectivity index (χ0v) is 16.9. The van der Waals surface area contributed by atoms with Crippen LogP contribution < -0.4 is 4.74 Å². The predicted octanol–water partition coefficient (Wildman–Crippen LogP) is 5.33. The van der Waals surface area contributed by atoms with Crippen LogP contribution in [0.4, 0.5) is 4.39 Å². The summed E-state index contributed by atoms with van der Waals surface area (Å²) in [6.45, 7) is 0. The van der Waals surface area contributed by atoms with Gasteiger partial charge in [-0.2, -0.15) is 0 Å². The SMILES string of the molecule is O=C(O)[C@H]1C[C@H](Oc2ccc(-c3ccc(-c4nc5ccc(Cl)cc5[nH]4)c(F)c3)cn2)C1. The summed E-state index contributed by atoms with van der Waals surface area (Å²) in [6, 6.07) is 13.7. The third-order valence-corrected chi connectivity index (χ3v) is 5.70. The molecule has 2 heterocycles. The Hall–Kier alpha value is -3.45. The van der Waals surface area contributed by atoms with E-state index in [9.17, 15) is 9.18 Å². The number of carboxylic acid groups (broad SMARTS) is 1. The van der Waals surface area contributed by atoms with E-state index in [4.69, 9.17) is 21.4 Å². The fraction of sp³-hybridized carbons (Fsp3) is 0.174. The Kier molecular flexibility index (Phi) is 4.82. The molecule has 0 aliphatic heterocycles. The first-order valence-corrected chi connectivity index (χ1v) is 10.1. The van der Waals surface area contributed by atoms with Gasteiger partial charge in [0.25, 0.3) is 0 Å². The maximum absolute atomic E-state index is 14.9. The summed E-state index contributed by atoms with van der Waals surface area (Å²) in [7, 11) is 0. The Morgan fingerprint density at radius 2 is 1.94 bits per heavy atom. The summed E-state index contributed by atoms with van der Waals surface area (Å²) in [5.41, 5.74) is 3.23. The molecule has 1 aliphatic rings. The monoisotopic (exact) mass is 437 g/mol. The van der Waals surface area contributed by atoms with E-state index in [1.807, 2.05) is 0 Å². The number of aliphatic carboxylic acids is 1. The minimum absolute atomic E-state index is 0.130. The molecule has 1 aliphatic carbocycles. The maximum Gasteiger partial charge on any atom is 0.306 e. The number of hydrogen-bond acceptors (Lipinski definition) is 4. The van der Waals surface area contributed by atoms with Crippen LogP contribution in [0.3, 0.4) is 0 Å². The summed E-state index contributed by atoms with van der Waals surface area (Å²) >= 11 is 6.00. The number of halogens is 2. The fourth-order valence-electron chi connectivity index (χ4n) is 3.65. The van der Waals surface area contributed by atoms with Crippen LogP contribution in [-0.4, -0.2) is 32.1 Å². The number of benzene rings is 2.